The van der Waals surface area contributed by atoms with Gasteiger partial charge in [0, 0.05) is 6.20 Å². The third-order valence-corrected chi connectivity index (χ3v) is 0.834. The molecule has 0 saturated heterocycles. The Bertz CT molecular complexity index is 209. The van der Waals surface area contributed by atoms with Crippen molar-refractivity contribution >= 4 is 7.25 Å². The Morgan fingerprint density at radius 3 is 1.75 bits per heavy atom. The van der Waals surface area contributed by atoms with Crippen LogP contribution in [-0.4, -0.2) is 17.2 Å². The van der Waals surface area contributed by atoms with Crippen LogP contribution in [-0.2, 0) is 0 Å². The molecule has 1 aromatic heterocycles. The highest BCUT2D eigenvalue weighted by atomic mass is 19.5. The van der Waals surface area contributed by atoms with E-state index in [4.69, 9.17) is 0 Å². The van der Waals surface area contributed by atoms with Crippen LogP contribution >= 0.6 is 0 Å². The van der Waals surface area contributed by atoms with E-state index in [-0.39, 0.29) is 0 Å². The Morgan fingerprint density at radius 2 is 1.67 bits per heavy atom. The van der Waals surface area contributed by atoms with Crippen LogP contribution in [0.25, 0.3) is 0 Å². The van der Waals surface area contributed by atoms with Gasteiger partial charge in [-0.3, -0.25) is 0 Å². The second kappa shape index (κ2) is 4.13. The number of halogens is 4. The van der Waals surface area contributed by atoms with Gasteiger partial charge in [-0.2, -0.15) is 0 Å². The van der Waals surface area contributed by atoms with Crippen molar-refractivity contribution in [2.75, 3.05) is 0 Å². The molecule has 2 nitrogen and oxygen atoms in total. The van der Waals surface area contributed by atoms with Gasteiger partial charge in [0.15, 0.2) is 0 Å². The van der Waals surface area contributed by atoms with Gasteiger partial charge in [0.2, 0.25) is 0 Å². The topological polar surface area (TPSA) is 28.7 Å². The van der Waals surface area contributed by atoms with Crippen LogP contribution < -0.4 is 0 Å². The number of nitrogens with one attached hydrogen (secondary N) is 1. The molecule has 0 fully saturated rings. The van der Waals surface area contributed by atoms with Gasteiger partial charge in [0.25, 0.3) is 0 Å². The summed E-state index contributed by atoms with van der Waals surface area (Å²) in [6, 6.07) is 0. The van der Waals surface area contributed by atoms with Crippen molar-refractivity contribution in [1.29, 1.82) is 0 Å². The minimum Gasteiger partial charge on any atom is -0.418 e. The molecule has 12 heavy (non-hydrogen) atoms. The van der Waals surface area contributed by atoms with E-state index in [1.807, 2.05) is 20.0 Å². The van der Waals surface area contributed by atoms with E-state index in [9.17, 15) is 17.3 Å². The molecule has 0 aromatic carbocycles. The van der Waals surface area contributed by atoms with Crippen molar-refractivity contribution in [2.45, 2.75) is 13.8 Å². The lowest BCUT2D eigenvalue weighted by Gasteiger charge is -1.94. The first-order chi connectivity index (χ1) is 5.29. The van der Waals surface area contributed by atoms with E-state index in [0.29, 0.717) is 0 Å². The zero-order valence-electron chi connectivity index (χ0n) is 6.61. The summed E-state index contributed by atoms with van der Waals surface area (Å²) in [5.74, 6) is 0.984. The van der Waals surface area contributed by atoms with Crippen LogP contribution in [0, 0.1) is 13.8 Å². The Balaban J connectivity index is 0.000000217. The molecule has 0 spiro atoms. The summed E-state index contributed by atoms with van der Waals surface area (Å²) in [5.41, 5.74) is 1.05. The standard InChI is InChI=1S/C5H8N2.BF4/c1-4-3-6-5(2)7-4;2-1(3,4)5/h3H,1-2H3,(H,6,7);/q;-1. The summed E-state index contributed by atoms with van der Waals surface area (Å²) < 4.78 is 39.0. The van der Waals surface area contributed by atoms with Gasteiger partial charge in [-0.1, -0.05) is 0 Å². The Morgan fingerprint density at radius 1 is 1.25 bits per heavy atom. The number of imidazole rings is 1. The predicted octanol–water partition coefficient (Wildman–Crippen LogP) is 2.33. The molecule has 0 bridgehead atoms. The number of H-pyrrole nitrogens is 1. The van der Waals surface area contributed by atoms with Crippen LogP contribution in [0.1, 0.15) is 11.5 Å². The van der Waals surface area contributed by atoms with Crippen molar-refractivity contribution < 1.29 is 17.3 Å². The first kappa shape index (κ1) is 11.0. The smallest absolute Gasteiger partial charge is 0.418 e. The lowest BCUT2D eigenvalue weighted by molar-refractivity contribution is 0.368. The Labute approximate surface area is 67.1 Å². The molecule has 0 amide bonds. The van der Waals surface area contributed by atoms with E-state index < -0.39 is 7.25 Å². The Hall–Kier alpha value is -1.01. The molecule has 1 heterocycles. The second-order valence-electron chi connectivity index (χ2n) is 2.12. The number of aryl methyl sites for hydroxylation is 2. The molecule has 0 unspecified atom stereocenters. The number of nitrogens with zero attached hydrogens (tertiary/aromatic N) is 1. The van der Waals surface area contributed by atoms with Gasteiger partial charge in [-0.05, 0) is 13.8 Å². The fraction of sp³-hybridized carbons (Fsp3) is 0.400. The maximum atomic E-state index is 9.75. The van der Waals surface area contributed by atoms with Crippen molar-refractivity contribution in [2.24, 2.45) is 0 Å². The summed E-state index contributed by atoms with van der Waals surface area (Å²) in [5, 5.41) is 0. The van der Waals surface area contributed by atoms with Gasteiger partial charge in [-0.15, -0.1) is 0 Å². The summed E-state index contributed by atoms with van der Waals surface area (Å²) in [6.45, 7) is 3.90. The molecule has 1 rings (SSSR count). The molecular formula is C5H8BF4N2-. The summed E-state index contributed by atoms with van der Waals surface area (Å²) in [7, 11) is -6.00. The zero-order chi connectivity index (χ0) is 9.78. The fourth-order valence-corrected chi connectivity index (χ4v) is 0.538. The quantitative estimate of drug-likeness (QED) is 0.485. The fourth-order valence-electron chi connectivity index (χ4n) is 0.538. The highest BCUT2D eigenvalue weighted by molar-refractivity contribution is 6.50. The molecule has 0 aliphatic rings. The predicted molar refractivity (Wildman–Crippen MR) is 38.2 cm³/mol. The minimum atomic E-state index is -6.00. The first-order valence-electron chi connectivity index (χ1n) is 3.15. The molecule has 0 saturated carbocycles. The lowest BCUT2D eigenvalue weighted by Crippen LogP contribution is -2.02. The van der Waals surface area contributed by atoms with Crippen LogP contribution in [0.4, 0.5) is 17.3 Å². The van der Waals surface area contributed by atoms with E-state index in [2.05, 4.69) is 9.97 Å². The molecule has 0 radical (unpaired) electrons. The van der Waals surface area contributed by atoms with Crippen LogP contribution in [0.2, 0.25) is 0 Å². The normalized spacial score (nSPS) is 10.5. The molecule has 0 aliphatic carbocycles. The van der Waals surface area contributed by atoms with Crippen molar-refractivity contribution in [3.63, 3.8) is 0 Å². The van der Waals surface area contributed by atoms with E-state index in [1.54, 1.807) is 0 Å². The Kier molecular flexibility index (Phi) is 3.78. The third kappa shape index (κ3) is 8.99. The van der Waals surface area contributed by atoms with E-state index in [1.165, 1.54) is 0 Å². The SMILES string of the molecule is Cc1c[nH]c(C)n1.F[B-](F)(F)F. The molecular weight excluding hydrogens is 175 g/mol. The average Bonchev–Trinajstić information content (AvgIpc) is 2.09. The number of rotatable bonds is 0. The monoisotopic (exact) mass is 183 g/mol. The van der Waals surface area contributed by atoms with Crippen LogP contribution in [0.3, 0.4) is 0 Å². The van der Waals surface area contributed by atoms with Gasteiger partial charge in [-0.25, -0.2) is 4.98 Å². The van der Waals surface area contributed by atoms with Gasteiger partial charge >= 0.3 is 7.25 Å². The highest BCUT2D eigenvalue weighted by Crippen LogP contribution is 2.06. The first-order valence-corrected chi connectivity index (χ1v) is 3.15. The maximum absolute atomic E-state index is 9.75. The van der Waals surface area contributed by atoms with Gasteiger partial charge in [0.1, 0.15) is 5.82 Å². The average molecular weight is 183 g/mol. The van der Waals surface area contributed by atoms with Gasteiger partial charge in [0.05, 0.1) is 5.69 Å². The molecule has 70 valence electrons. The summed E-state index contributed by atoms with van der Waals surface area (Å²) in [6.07, 6.45) is 1.88. The minimum absolute atomic E-state index is 0.984. The largest absolute Gasteiger partial charge is 0.673 e. The zero-order valence-corrected chi connectivity index (χ0v) is 6.61. The van der Waals surface area contributed by atoms with E-state index in [0.717, 1.165) is 11.5 Å². The van der Waals surface area contributed by atoms with Crippen LogP contribution in [0.15, 0.2) is 6.20 Å². The number of aromatic nitrogens is 2. The van der Waals surface area contributed by atoms with Gasteiger partial charge < -0.3 is 22.2 Å². The van der Waals surface area contributed by atoms with Crippen LogP contribution in [0.5, 0.6) is 0 Å². The third-order valence-electron chi connectivity index (χ3n) is 0.834. The summed E-state index contributed by atoms with van der Waals surface area (Å²) >= 11 is 0. The molecule has 7 heteroatoms. The molecule has 0 atom stereocenters. The number of hydrogen-bond acceptors (Lipinski definition) is 1. The van der Waals surface area contributed by atoms with Crippen molar-refractivity contribution in [3.05, 3.63) is 17.7 Å². The van der Waals surface area contributed by atoms with E-state index >= 15 is 0 Å². The summed E-state index contributed by atoms with van der Waals surface area (Å²) in [4.78, 5) is 7.01. The number of hydrogen-bond donors (Lipinski definition) is 1. The molecule has 1 N–H and O–H groups in total. The molecule has 1 aromatic rings. The highest BCUT2D eigenvalue weighted by Gasteiger charge is 2.20. The molecule has 0 aliphatic heterocycles. The maximum Gasteiger partial charge on any atom is 0.673 e. The number of aromatic amines is 1. The van der Waals surface area contributed by atoms with Crippen molar-refractivity contribution in [1.82, 2.24) is 9.97 Å². The van der Waals surface area contributed by atoms with Crippen molar-refractivity contribution in [3.8, 4) is 0 Å². The lowest BCUT2D eigenvalue weighted by atomic mass is 10.3. The second-order valence-corrected chi connectivity index (χ2v) is 2.12.